The number of pyridine rings is 1. The van der Waals surface area contributed by atoms with Crippen molar-refractivity contribution in [2.75, 3.05) is 12.8 Å². The van der Waals surface area contributed by atoms with Crippen LogP contribution < -0.4 is 10.5 Å². The highest BCUT2D eigenvalue weighted by molar-refractivity contribution is 9.10. The van der Waals surface area contributed by atoms with Gasteiger partial charge in [0.25, 0.3) is 0 Å². The van der Waals surface area contributed by atoms with Gasteiger partial charge in [0.1, 0.15) is 26.8 Å². The summed E-state index contributed by atoms with van der Waals surface area (Å²) in [7, 11) is 1.61. The summed E-state index contributed by atoms with van der Waals surface area (Å²) in [5.41, 5.74) is 18.3. The molecule has 0 saturated heterocycles. The number of ketones is 3. The molecule has 10 heteroatoms. The Morgan fingerprint density at radius 2 is 1.50 bits per heavy atom. The number of hydrogen-bond acceptors (Lipinski definition) is 8. The van der Waals surface area contributed by atoms with Gasteiger partial charge in [-0.1, -0.05) is 76.4 Å². The fourth-order valence-electron chi connectivity index (χ4n) is 7.68. The molecule has 1 aliphatic carbocycles. The Bertz CT molecular complexity index is 3110. The predicted octanol–water partition coefficient (Wildman–Crippen LogP) is 14.1. The van der Waals surface area contributed by atoms with E-state index in [1.165, 1.54) is 33.6 Å². The number of nitrogens with two attached hydrogens (primary N) is 1. The minimum absolute atomic E-state index is 0.00648. The van der Waals surface area contributed by atoms with Crippen molar-refractivity contribution in [3.63, 3.8) is 0 Å². The van der Waals surface area contributed by atoms with Gasteiger partial charge in [0.2, 0.25) is 5.78 Å². The number of carbonyl (C=O) groups is 3. The molecule has 0 aliphatic heterocycles. The Labute approximate surface area is 390 Å². The van der Waals surface area contributed by atoms with Crippen LogP contribution >= 0.6 is 38.9 Å². The number of furan rings is 1. The van der Waals surface area contributed by atoms with Crippen LogP contribution in [0.15, 0.2) is 148 Å². The molecule has 0 bridgehead atoms. The minimum Gasteiger partial charge on any atom is -0.497 e. The Kier molecular flexibility index (Phi) is 14.2. The average molecular weight is 950 g/mol. The molecule has 1 aliphatic rings. The van der Waals surface area contributed by atoms with Crippen LogP contribution in [0.2, 0.25) is 5.02 Å². The summed E-state index contributed by atoms with van der Waals surface area (Å²) in [6.07, 6.45) is 5.50. The summed E-state index contributed by atoms with van der Waals surface area (Å²) in [5, 5.41) is 2.38. The Balaban J connectivity index is 0.000000144. The van der Waals surface area contributed by atoms with Crippen LogP contribution in [0.1, 0.15) is 89.1 Å². The number of anilines is 1. The maximum Gasteiger partial charge on any atom is 0.205 e. The van der Waals surface area contributed by atoms with Gasteiger partial charge in [0, 0.05) is 42.7 Å². The number of nitrogens with zero attached hydrogens (tertiary/aromatic N) is 1. The number of hydrogen-bond donors (Lipinski definition) is 1. The lowest BCUT2D eigenvalue weighted by atomic mass is 9.99. The summed E-state index contributed by atoms with van der Waals surface area (Å²) >= 11 is 10.6. The number of ether oxygens (including phenoxy) is 1. The molecule has 0 saturated carbocycles. The molecule has 322 valence electrons. The molecule has 64 heavy (non-hydrogen) atoms. The maximum absolute atomic E-state index is 12.8. The van der Waals surface area contributed by atoms with E-state index >= 15 is 0 Å². The summed E-state index contributed by atoms with van der Waals surface area (Å²) in [4.78, 5) is 43.5. The van der Waals surface area contributed by atoms with Gasteiger partial charge < -0.3 is 14.9 Å². The Hall–Kier alpha value is -6.39. The summed E-state index contributed by atoms with van der Waals surface area (Å²) in [5.74, 6) is 1.35. The summed E-state index contributed by atoms with van der Waals surface area (Å²) < 4.78 is 11.8. The molecule has 0 fully saturated rings. The largest absolute Gasteiger partial charge is 0.497 e. The smallest absolute Gasteiger partial charge is 0.205 e. The van der Waals surface area contributed by atoms with Gasteiger partial charge >= 0.3 is 0 Å². The molecule has 2 N–H and O–H groups in total. The van der Waals surface area contributed by atoms with Gasteiger partial charge in [-0.25, -0.2) is 4.98 Å². The van der Waals surface area contributed by atoms with Crippen molar-refractivity contribution in [2.45, 2.75) is 47.5 Å². The zero-order valence-corrected chi connectivity index (χ0v) is 39.5. The molecule has 0 radical (unpaired) electrons. The van der Waals surface area contributed by atoms with E-state index in [1.807, 2.05) is 75.4 Å². The van der Waals surface area contributed by atoms with Gasteiger partial charge in [0.05, 0.1) is 18.4 Å². The SMILES string of the molecule is CCc1ccc2oc(C)c(C(=O)c3ccc(Br)cc3)c2c1.COc1ccc(C(=O)/C=C/C2=C(C)Cc3ccccc32)cc1.Cc1cc(C)c2c(N)c(C(=O)c3ccc(Cl)cc3)sc2n1. The van der Waals surface area contributed by atoms with Crippen molar-refractivity contribution >= 4 is 88.7 Å². The molecule has 5 aromatic carbocycles. The van der Waals surface area contributed by atoms with E-state index < -0.39 is 0 Å². The minimum atomic E-state index is -0.0933. The number of benzene rings is 5. The van der Waals surface area contributed by atoms with E-state index in [0.717, 1.165) is 61.1 Å². The number of aromatic nitrogens is 1. The number of rotatable bonds is 9. The van der Waals surface area contributed by atoms with E-state index in [2.05, 4.69) is 59.0 Å². The highest BCUT2D eigenvalue weighted by Gasteiger charge is 2.22. The lowest BCUT2D eigenvalue weighted by Gasteiger charge is -2.02. The second-order valence-corrected chi connectivity index (χ2v) is 17.8. The molecule has 0 unspecified atom stereocenters. The molecule has 3 heterocycles. The van der Waals surface area contributed by atoms with Gasteiger partial charge in [0.15, 0.2) is 11.6 Å². The third-order valence-corrected chi connectivity index (χ3v) is 12.9. The Morgan fingerprint density at radius 3 is 2.19 bits per heavy atom. The number of halogens is 2. The molecule has 0 amide bonds. The number of aryl methyl sites for hydroxylation is 4. The number of methoxy groups -OCH3 is 1. The molecule has 0 spiro atoms. The first kappa shape index (κ1) is 45.6. The first-order chi connectivity index (χ1) is 30.8. The van der Waals surface area contributed by atoms with Crippen LogP contribution in [0.3, 0.4) is 0 Å². The zero-order chi connectivity index (χ0) is 45.7. The number of thiophene rings is 1. The average Bonchev–Trinajstić information content (AvgIpc) is 3.93. The van der Waals surface area contributed by atoms with Crippen molar-refractivity contribution < 1.29 is 23.5 Å². The normalized spacial score (nSPS) is 11.9. The van der Waals surface area contributed by atoms with Gasteiger partial charge in [-0.15, -0.1) is 11.3 Å². The molecule has 3 aromatic heterocycles. The van der Waals surface area contributed by atoms with Gasteiger partial charge in [-0.2, -0.15) is 0 Å². The van der Waals surface area contributed by atoms with Gasteiger partial charge in [-0.05, 0) is 165 Å². The van der Waals surface area contributed by atoms with Crippen molar-refractivity contribution in [1.29, 1.82) is 0 Å². The second kappa shape index (κ2) is 20.0. The lowest BCUT2D eigenvalue weighted by Crippen LogP contribution is -2.02. The van der Waals surface area contributed by atoms with Crippen LogP contribution in [0.4, 0.5) is 5.69 Å². The topological polar surface area (TPSA) is 112 Å². The third-order valence-electron chi connectivity index (χ3n) is 11.0. The Morgan fingerprint density at radius 1 is 0.844 bits per heavy atom. The number of fused-ring (bicyclic) bond motifs is 3. The number of carbonyl (C=O) groups excluding carboxylic acids is 3. The summed E-state index contributed by atoms with van der Waals surface area (Å²) in [6, 6.07) is 37.8. The number of nitrogen functional groups attached to an aromatic ring is 1. The second-order valence-electron chi connectivity index (χ2n) is 15.4. The molecule has 7 nitrogen and oxygen atoms in total. The van der Waals surface area contributed by atoms with Crippen molar-refractivity contribution in [2.24, 2.45) is 0 Å². The highest BCUT2D eigenvalue weighted by atomic mass is 79.9. The van der Waals surface area contributed by atoms with Crippen molar-refractivity contribution in [3.05, 3.63) is 209 Å². The fourth-order valence-corrected chi connectivity index (χ4v) is 9.24. The van der Waals surface area contributed by atoms with Crippen LogP contribution in [-0.4, -0.2) is 29.4 Å². The number of allylic oxidation sites excluding steroid dienone is 4. The van der Waals surface area contributed by atoms with E-state index in [1.54, 1.807) is 61.7 Å². The van der Waals surface area contributed by atoms with Crippen LogP contribution in [0.5, 0.6) is 5.75 Å². The lowest BCUT2D eigenvalue weighted by molar-refractivity contribution is 0.103. The van der Waals surface area contributed by atoms with E-state index in [4.69, 9.17) is 26.5 Å². The quantitative estimate of drug-likeness (QED) is 0.113. The third kappa shape index (κ3) is 10.0. The first-order valence-electron chi connectivity index (χ1n) is 20.7. The fraction of sp³-hybridized carbons (Fsp3) is 0.148. The zero-order valence-electron chi connectivity index (χ0n) is 36.3. The van der Waals surface area contributed by atoms with Crippen molar-refractivity contribution in [1.82, 2.24) is 4.98 Å². The molecule has 9 rings (SSSR count). The van der Waals surface area contributed by atoms with E-state index in [-0.39, 0.29) is 17.3 Å². The van der Waals surface area contributed by atoms with Gasteiger partial charge in [-0.3, -0.25) is 14.4 Å². The molecular weight excluding hydrogens is 904 g/mol. The maximum atomic E-state index is 12.8. The van der Waals surface area contributed by atoms with Crippen molar-refractivity contribution in [3.8, 4) is 5.75 Å². The van der Waals surface area contributed by atoms with E-state index in [0.29, 0.717) is 43.6 Å². The van der Waals surface area contributed by atoms with Crippen LogP contribution in [0, 0.1) is 20.8 Å². The first-order valence-corrected chi connectivity index (χ1v) is 22.7. The molecule has 0 atom stereocenters. The monoisotopic (exact) mass is 948 g/mol. The summed E-state index contributed by atoms with van der Waals surface area (Å²) in [6.45, 7) is 9.99. The standard InChI is InChI=1S/C20H18O2.C18H15BrO2.C16H13ClN2OS/c1-14-13-16-5-3-4-6-19(16)18(14)11-12-20(21)15-7-9-17(22-2)10-8-15;1-3-12-4-9-16-15(10-12)17(11(2)21-16)18(20)13-5-7-14(19)8-6-13;1-8-7-9(2)19-16-12(8)13(18)15(21-16)14(20)10-3-5-11(17)6-4-10/h3-12H,13H2,1-2H3;4-10H,3H2,1-2H3;3-7H,18H2,1-2H3/b12-11+;;. The molecular formula is C54H46BrClN2O5S. The van der Waals surface area contributed by atoms with Crippen LogP contribution in [-0.2, 0) is 12.8 Å². The molecule has 8 aromatic rings. The highest BCUT2D eigenvalue weighted by Crippen LogP contribution is 2.37. The van der Waals surface area contributed by atoms with Crippen LogP contribution in [0.25, 0.3) is 26.8 Å². The van der Waals surface area contributed by atoms with E-state index in [9.17, 15) is 14.4 Å². The predicted molar refractivity (Wildman–Crippen MR) is 265 cm³/mol.